The van der Waals surface area contributed by atoms with Gasteiger partial charge in [0.25, 0.3) is 0 Å². The highest BCUT2D eigenvalue weighted by molar-refractivity contribution is 4.75. The summed E-state index contributed by atoms with van der Waals surface area (Å²) in [5, 5.41) is 3.92. The first-order valence-electron chi connectivity index (χ1n) is 9.00. The second-order valence-corrected chi connectivity index (χ2v) is 6.80. The molecule has 0 heterocycles. The minimum atomic E-state index is 0.683. The van der Waals surface area contributed by atoms with E-state index >= 15 is 0 Å². The largest absolute Gasteiger partial charge is 0.311 e. The summed E-state index contributed by atoms with van der Waals surface area (Å²) in [4.78, 5) is 0. The Morgan fingerprint density at radius 3 is 1.63 bits per heavy atom. The van der Waals surface area contributed by atoms with Gasteiger partial charge in [0.1, 0.15) is 0 Å². The van der Waals surface area contributed by atoms with E-state index in [0.29, 0.717) is 6.04 Å². The molecule has 2 unspecified atom stereocenters. The number of rotatable bonds is 4. The fourth-order valence-electron chi connectivity index (χ4n) is 3.22. The lowest BCUT2D eigenvalue weighted by Gasteiger charge is -2.27. The van der Waals surface area contributed by atoms with Crippen molar-refractivity contribution in [2.24, 2.45) is 5.92 Å². The van der Waals surface area contributed by atoms with Gasteiger partial charge in [0, 0.05) is 12.1 Å². The Morgan fingerprint density at radius 1 is 0.789 bits per heavy atom. The topological polar surface area (TPSA) is 12.0 Å². The Bertz CT molecular complexity index is 190. The van der Waals surface area contributed by atoms with Gasteiger partial charge in [0.2, 0.25) is 0 Å². The summed E-state index contributed by atoms with van der Waals surface area (Å²) in [5.74, 6) is 0.807. The zero-order chi connectivity index (χ0) is 13.9. The molecular weight excluding hydrogens is 230 g/mol. The van der Waals surface area contributed by atoms with Crippen molar-refractivity contribution in [3.05, 3.63) is 0 Å². The molecule has 0 saturated heterocycles. The Hall–Kier alpha value is -0.0400. The van der Waals surface area contributed by atoms with Crippen LogP contribution in [0.2, 0.25) is 0 Å². The molecule has 1 fully saturated rings. The van der Waals surface area contributed by atoms with E-state index in [1.54, 1.807) is 0 Å². The second kappa shape index (κ2) is 10.7. The number of hydrogen-bond donors (Lipinski definition) is 1. The zero-order valence-electron chi connectivity index (χ0n) is 13.7. The van der Waals surface area contributed by atoms with Crippen molar-refractivity contribution in [1.82, 2.24) is 5.32 Å². The van der Waals surface area contributed by atoms with E-state index in [1.807, 2.05) is 0 Å². The Balaban J connectivity index is 2.33. The van der Waals surface area contributed by atoms with Gasteiger partial charge in [0.05, 0.1) is 0 Å². The van der Waals surface area contributed by atoms with Crippen LogP contribution in [-0.2, 0) is 0 Å². The molecule has 1 aliphatic rings. The molecule has 1 heteroatoms. The molecule has 0 bridgehead atoms. The van der Waals surface area contributed by atoms with Gasteiger partial charge in [-0.1, -0.05) is 78.1 Å². The highest BCUT2D eigenvalue weighted by atomic mass is 14.9. The summed E-state index contributed by atoms with van der Waals surface area (Å²) in [5.41, 5.74) is 0. The molecule has 0 aromatic carbocycles. The van der Waals surface area contributed by atoms with Crippen LogP contribution in [0.4, 0.5) is 0 Å². The maximum Gasteiger partial charge on any atom is 0.00696 e. The van der Waals surface area contributed by atoms with Crippen molar-refractivity contribution < 1.29 is 0 Å². The van der Waals surface area contributed by atoms with Crippen LogP contribution in [-0.4, -0.2) is 12.1 Å². The molecule has 0 spiro atoms. The standard InChI is InChI=1S/C18H37N/c1-4-16(2)17(3)19-18-14-12-10-8-6-5-7-9-11-13-15-18/h16-19H,4-15H2,1-3H3. The average Bonchev–Trinajstić information content (AvgIpc) is 2.40. The molecule has 1 aliphatic carbocycles. The maximum atomic E-state index is 3.92. The van der Waals surface area contributed by atoms with Crippen molar-refractivity contribution in [3.63, 3.8) is 0 Å². The molecule has 19 heavy (non-hydrogen) atoms. The van der Waals surface area contributed by atoms with E-state index in [9.17, 15) is 0 Å². The van der Waals surface area contributed by atoms with Crippen LogP contribution < -0.4 is 5.32 Å². The molecule has 1 nitrogen and oxygen atoms in total. The van der Waals surface area contributed by atoms with Crippen LogP contribution >= 0.6 is 0 Å². The fourth-order valence-corrected chi connectivity index (χ4v) is 3.22. The summed E-state index contributed by atoms with van der Waals surface area (Å²) in [6.07, 6.45) is 17.2. The normalized spacial score (nSPS) is 24.2. The Morgan fingerprint density at radius 2 is 1.21 bits per heavy atom. The van der Waals surface area contributed by atoms with Crippen molar-refractivity contribution in [1.29, 1.82) is 0 Å². The van der Waals surface area contributed by atoms with Crippen LogP contribution in [0.25, 0.3) is 0 Å². The quantitative estimate of drug-likeness (QED) is 0.690. The van der Waals surface area contributed by atoms with Crippen LogP contribution in [0.15, 0.2) is 0 Å². The summed E-state index contributed by atoms with van der Waals surface area (Å²) < 4.78 is 0. The van der Waals surface area contributed by atoms with Crippen molar-refractivity contribution >= 4 is 0 Å². The van der Waals surface area contributed by atoms with Crippen molar-refractivity contribution in [2.75, 3.05) is 0 Å². The number of hydrogen-bond acceptors (Lipinski definition) is 1. The van der Waals surface area contributed by atoms with Crippen LogP contribution in [0.3, 0.4) is 0 Å². The SMILES string of the molecule is CCC(C)C(C)NC1CCCCCCCCCCC1. The highest BCUT2D eigenvalue weighted by Gasteiger charge is 2.15. The first kappa shape index (κ1) is 17.0. The van der Waals surface area contributed by atoms with Gasteiger partial charge in [-0.05, 0) is 25.7 Å². The molecule has 0 aliphatic heterocycles. The van der Waals surface area contributed by atoms with Crippen LogP contribution in [0.1, 0.15) is 97.8 Å². The molecule has 1 rings (SSSR count). The predicted molar refractivity (Wildman–Crippen MR) is 86.6 cm³/mol. The van der Waals surface area contributed by atoms with Crippen LogP contribution in [0.5, 0.6) is 0 Å². The Labute approximate surface area is 121 Å². The highest BCUT2D eigenvalue weighted by Crippen LogP contribution is 2.18. The predicted octanol–water partition coefficient (Wildman–Crippen LogP) is 5.68. The van der Waals surface area contributed by atoms with Gasteiger partial charge in [-0.2, -0.15) is 0 Å². The minimum Gasteiger partial charge on any atom is -0.311 e. The molecule has 114 valence electrons. The van der Waals surface area contributed by atoms with Crippen molar-refractivity contribution in [3.8, 4) is 0 Å². The number of nitrogens with one attached hydrogen (secondary N) is 1. The molecule has 0 amide bonds. The zero-order valence-corrected chi connectivity index (χ0v) is 13.7. The van der Waals surface area contributed by atoms with Crippen LogP contribution in [0, 0.1) is 5.92 Å². The smallest absolute Gasteiger partial charge is 0.00696 e. The molecule has 1 N–H and O–H groups in total. The fraction of sp³-hybridized carbons (Fsp3) is 1.00. The Kier molecular flexibility index (Phi) is 9.59. The van der Waals surface area contributed by atoms with Gasteiger partial charge in [-0.3, -0.25) is 0 Å². The van der Waals surface area contributed by atoms with Gasteiger partial charge >= 0.3 is 0 Å². The van der Waals surface area contributed by atoms with E-state index in [0.717, 1.165) is 12.0 Å². The lowest BCUT2D eigenvalue weighted by molar-refractivity contribution is 0.314. The van der Waals surface area contributed by atoms with E-state index in [-0.39, 0.29) is 0 Å². The average molecular weight is 268 g/mol. The van der Waals surface area contributed by atoms with Gasteiger partial charge in [0.15, 0.2) is 0 Å². The van der Waals surface area contributed by atoms with E-state index in [2.05, 4.69) is 26.1 Å². The third-order valence-electron chi connectivity index (χ3n) is 5.10. The molecule has 2 atom stereocenters. The second-order valence-electron chi connectivity index (χ2n) is 6.80. The molecule has 0 radical (unpaired) electrons. The lowest BCUT2D eigenvalue weighted by atomic mass is 9.95. The summed E-state index contributed by atoms with van der Waals surface area (Å²) in [6, 6.07) is 1.46. The summed E-state index contributed by atoms with van der Waals surface area (Å²) in [7, 11) is 0. The molecule has 0 aromatic rings. The third-order valence-corrected chi connectivity index (χ3v) is 5.10. The van der Waals surface area contributed by atoms with E-state index in [1.165, 1.54) is 77.0 Å². The third kappa shape index (κ3) is 7.97. The van der Waals surface area contributed by atoms with E-state index < -0.39 is 0 Å². The first-order chi connectivity index (χ1) is 9.24. The first-order valence-corrected chi connectivity index (χ1v) is 9.00. The van der Waals surface area contributed by atoms with Crippen molar-refractivity contribution in [2.45, 2.75) is 110 Å². The minimum absolute atomic E-state index is 0.683. The summed E-state index contributed by atoms with van der Waals surface area (Å²) in [6.45, 7) is 7.07. The summed E-state index contributed by atoms with van der Waals surface area (Å²) >= 11 is 0. The van der Waals surface area contributed by atoms with Gasteiger partial charge in [-0.25, -0.2) is 0 Å². The molecular formula is C18H37N. The molecule has 0 aromatic heterocycles. The maximum absolute atomic E-state index is 3.92. The van der Waals surface area contributed by atoms with Gasteiger partial charge in [-0.15, -0.1) is 0 Å². The van der Waals surface area contributed by atoms with Gasteiger partial charge < -0.3 is 5.32 Å². The lowest BCUT2D eigenvalue weighted by Crippen LogP contribution is -2.40. The van der Waals surface area contributed by atoms with E-state index in [4.69, 9.17) is 0 Å². The monoisotopic (exact) mass is 267 g/mol. The molecule has 1 saturated carbocycles.